The van der Waals surface area contributed by atoms with Crippen LogP contribution in [0.2, 0.25) is 0 Å². The van der Waals surface area contributed by atoms with Crippen molar-refractivity contribution in [2.45, 2.75) is 19.8 Å². The van der Waals surface area contributed by atoms with Gasteiger partial charge in [0.25, 0.3) is 11.8 Å². The summed E-state index contributed by atoms with van der Waals surface area (Å²) >= 11 is 0. The SMILES string of the molecule is COc1cc(NC(=O)c2cc3ccc(C)cc3[nH]2)c(C(=O)N2CCCC2)cc1OC. The number of aryl methyl sites for hydroxylation is 1. The van der Waals surface area contributed by atoms with Crippen LogP contribution in [-0.4, -0.2) is 49.0 Å². The number of hydrogen-bond acceptors (Lipinski definition) is 4. The molecule has 1 aliphatic rings. The third kappa shape index (κ3) is 3.70. The number of fused-ring (bicyclic) bond motifs is 1. The molecule has 0 atom stereocenters. The molecule has 1 saturated heterocycles. The zero-order valence-electron chi connectivity index (χ0n) is 17.4. The highest BCUT2D eigenvalue weighted by atomic mass is 16.5. The van der Waals surface area contributed by atoms with E-state index in [2.05, 4.69) is 10.3 Å². The number of likely N-dealkylation sites (tertiary alicyclic amines) is 1. The molecule has 1 fully saturated rings. The first-order chi connectivity index (χ1) is 14.5. The second-order valence-electron chi connectivity index (χ2n) is 7.48. The fourth-order valence-corrected chi connectivity index (χ4v) is 3.80. The number of anilines is 1. The fourth-order valence-electron chi connectivity index (χ4n) is 3.80. The van der Waals surface area contributed by atoms with E-state index in [0.29, 0.717) is 41.5 Å². The van der Waals surface area contributed by atoms with Crippen LogP contribution in [0, 0.1) is 6.92 Å². The van der Waals surface area contributed by atoms with Crippen molar-refractivity contribution in [1.82, 2.24) is 9.88 Å². The Morgan fingerprint density at radius 2 is 1.70 bits per heavy atom. The Balaban J connectivity index is 1.70. The lowest BCUT2D eigenvalue weighted by molar-refractivity contribution is 0.0793. The molecule has 30 heavy (non-hydrogen) atoms. The van der Waals surface area contributed by atoms with E-state index in [1.54, 1.807) is 23.1 Å². The van der Waals surface area contributed by atoms with E-state index in [4.69, 9.17) is 9.47 Å². The highest BCUT2D eigenvalue weighted by Gasteiger charge is 2.25. The monoisotopic (exact) mass is 407 g/mol. The molecule has 2 amide bonds. The predicted octanol–water partition coefficient (Wildman–Crippen LogP) is 3.98. The van der Waals surface area contributed by atoms with Gasteiger partial charge in [-0.15, -0.1) is 0 Å². The lowest BCUT2D eigenvalue weighted by Crippen LogP contribution is -2.29. The zero-order chi connectivity index (χ0) is 21.3. The van der Waals surface area contributed by atoms with Gasteiger partial charge in [-0.2, -0.15) is 0 Å². The molecule has 3 aromatic rings. The van der Waals surface area contributed by atoms with Crippen LogP contribution in [0.5, 0.6) is 11.5 Å². The van der Waals surface area contributed by atoms with E-state index in [1.807, 2.05) is 25.1 Å². The molecule has 0 saturated carbocycles. The zero-order valence-corrected chi connectivity index (χ0v) is 17.4. The standard InChI is InChI=1S/C23H25N3O4/c1-14-6-7-15-11-19(24-17(15)10-14)22(27)25-18-13-21(30-3)20(29-2)12-16(18)23(28)26-8-4-5-9-26/h6-7,10-13,24H,4-5,8-9H2,1-3H3,(H,25,27). The molecule has 7 nitrogen and oxygen atoms in total. The van der Waals surface area contributed by atoms with Gasteiger partial charge in [-0.1, -0.05) is 12.1 Å². The van der Waals surface area contributed by atoms with E-state index in [9.17, 15) is 9.59 Å². The van der Waals surface area contributed by atoms with Crippen LogP contribution in [0.25, 0.3) is 10.9 Å². The number of benzene rings is 2. The summed E-state index contributed by atoms with van der Waals surface area (Å²) in [4.78, 5) is 31.0. The number of hydrogen-bond donors (Lipinski definition) is 2. The molecule has 0 radical (unpaired) electrons. The molecule has 1 aliphatic heterocycles. The van der Waals surface area contributed by atoms with Crippen LogP contribution in [0.4, 0.5) is 5.69 Å². The summed E-state index contributed by atoms with van der Waals surface area (Å²) in [5.41, 5.74) is 3.19. The van der Waals surface area contributed by atoms with E-state index >= 15 is 0 Å². The second-order valence-corrected chi connectivity index (χ2v) is 7.48. The van der Waals surface area contributed by atoms with Gasteiger partial charge in [0.2, 0.25) is 0 Å². The smallest absolute Gasteiger partial charge is 0.272 e. The average molecular weight is 407 g/mol. The first-order valence-electron chi connectivity index (χ1n) is 9.96. The van der Waals surface area contributed by atoms with Gasteiger partial charge in [0.1, 0.15) is 5.69 Å². The minimum atomic E-state index is -0.327. The van der Waals surface area contributed by atoms with E-state index in [0.717, 1.165) is 29.3 Å². The molecule has 2 heterocycles. The van der Waals surface area contributed by atoms with Gasteiger partial charge < -0.3 is 24.7 Å². The molecule has 7 heteroatoms. The van der Waals surface area contributed by atoms with Gasteiger partial charge >= 0.3 is 0 Å². The number of nitrogens with one attached hydrogen (secondary N) is 2. The number of methoxy groups -OCH3 is 2. The average Bonchev–Trinajstić information content (AvgIpc) is 3.42. The Kier molecular flexibility index (Phi) is 5.35. The molecule has 2 N–H and O–H groups in total. The Morgan fingerprint density at radius 1 is 1.00 bits per heavy atom. The molecule has 2 aromatic carbocycles. The van der Waals surface area contributed by atoms with Crippen molar-refractivity contribution < 1.29 is 19.1 Å². The van der Waals surface area contributed by atoms with Crippen molar-refractivity contribution in [2.75, 3.05) is 32.6 Å². The van der Waals surface area contributed by atoms with Gasteiger partial charge in [0, 0.05) is 30.1 Å². The molecule has 0 unspecified atom stereocenters. The van der Waals surface area contributed by atoms with Gasteiger partial charge in [-0.05, 0) is 43.5 Å². The van der Waals surface area contributed by atoms with E-state index < -0.39 is 0 Å². The number of aromatic amines is 1. The Hall–Kier alpha value is -3.48. The summed E-state index contributed by atoms with van der Waals surface area (Å²) in [7, 11) is 3.04. The minimum Gasteiger partial charge on any atom is -0.493 e. The van der Waals surface area contributed by atoms with Crippen LogP contribution in [0.15, 0.2) is 36.4 Å². The number of carbonyl (C=O) groups excluding carboxylic acids is 2. The van der Waals surface area contributed by atoms with Gasteiger partial charge in [0.05, 0.1) is 25.5 Å². The minimum absolute atomic E-state index is 0.129. The summed E-state index contributed by atoms with van der Waals surface area (Å²) in [5, 5.41) is 3.83. The number of H-pyrrole nitrogens is 1. The molecule has 4 rings (SSSR count). The normalized spacial score (nSPS) is 13.5. The Morgan fingerprint density at radius 3 is 2.40 bits per heavy atom. The highest BCUT2D eigenvalue weighted by Crippen LogP contribution is 2.35. The van der Waals surface area contributed by atoms with Crippen LogP contribution in [0.3, 0.4) is 0 Å². The van der Waals surface area contributed by atoms with Gasteiger partial charge in [0.15, 0.2) is 11.5 Å². The van der Waals surface area contributed by atoms with Crippen molar-refractivity contribution in [3.63, 3.8) is 0 Å². The molecule has 156 valence electrons. The maximum atomic E-state index is 13.1. The Bertz CT molecular complexity index is 1110. The lowest BCUT2D eigenvalue weighted by Gasteiger charge is -2.20. The number of nitrogens with zero attached hydrogens (tertiary/aromatic N) is 1. The maximum Gasteiger partial charge on any atom is 0.272 e. The fraction of sp³-hybridized carbons (Fsp3) is 0.304. The van der Waals surface area contributed by atoms with E-state index in [1.165, 1.54) is 14.2 Å². The van der Waals surface area contributed by atoms with Crippen molar-refractivity contribution in [1.29, 1.82) is 0 Å². The number of rotatable bonds is 5. The first-order valence-corrected chi connectivity index (χ1v) is 9.96. The number of aromatic nitrogens is 1. The van der Waals surface area contributed by atoms with Crippen LogP contribution >= 0.6 is 0 Å². The summed E-state index contributed by atoms with van der Waals surface area (Å²) < 4.78 is 10.7. The van der Waals surface area contributed by atoms with Crippen LogP contribution in [0.1, 0.15) is 39.3 Å². The van der Waals surface area contributed by atoms with Gasteiger partial charge in [-0.3, -0.25) is 9.59 Å². The lowest BCUT2D eigenvalue weighted by atomic mass is 10.1. The summed E-state index contributed by atoms with van der Waals surface area (Å²) in [6.45, 7) is 3.42. The second kappa shape index (κ2) is 8.10. The molecule has 0 spiro atoms. The van der Waals surface area contributed by atoms with Crippen molar-refractivity contribution in [3.8, 4) is 11.5 Å². The number of ether oxygens (including phenoxy) is 2. The molecule has 1 aromatic heterocycles. The molecular formula is C23H25N3O4. The van der Waals surface area contributed by atoms with Crippen molar-refractivity contribution in [2.24, 2.45) is 0 Å². The van der Waals surface area contributed by atoms with Gasteiger partial charge in [-0.25, -0.2) is 0 Å². The summed E-state index contributed by atoms with van der Waals surface area (Å²) in [6.07, 6.45) is 1.96. The summed E-state index contributed by atoms with van der Waals surface area (Å²) in [5.74, 6) is 0.430. The number of amides is 2. The highest BCUT2D eigenvalue weighted by molar-refractivity contribution is 6.10. The maximum absolute atomic E-state index is 13.1. The Labute approximate surface area is 175 Å². The molecule has 0 bridgehead atoms. The largest absolute Gasteiger partial charge is 0.493 e. The number of carbonyl (C=O) groups is 2. The topological polar surface area (TPSA) is 83.7 Å². The summed E-state index contributed by atoms with van der Waals surface area (Å²) in [6, 6.07) is 11.0. The van der Waals surface area contributed by atoms with Crippen LogP contribution in [-0.2, 0) is 0 Å². The predicted molar refractivity (Wildman–Crippen MR) is 116 cm³/mol. The van der Waals surface area contributed by atoms with Crippen LogP contribution < -0.4 is 14.8 Å². The van der Waals surface area contributed by atoms with Crippen molar-refractivity contribution in [3.05, 3.63) is 53.2 Å². The molecule has 0 aliphatic carbocycles. The quantitative estimate of drug-likeness (QED) is 0.670. The first kappa shape index (κ1) is 19.8. The van der Waals surface area contributed by atoms with E-state index in [-0.39, 0.29) is 11.8 Å². The third-order valence-corrected chi connectivity index (χ3v) is 5.42. The van der Waals surface area contributed by atoms with Crippen molar-refractivity contribution >= 4 is 28.4 Å². The third-order valence-electron chi connectivity index (χ3n) is 5.42. The molecular weight excluding hydrogens is 382 g/mol.